The molecule has 0 spiro atoms. The molecule has 1 aromatic carbocycles. The molecule has 9 heteroatoms. The molecule has 1 heterocycles. The second-order valence-corrected chi connectivity index (χ2v) is 6.90. The molecule has 1 aliphatic carbocycles. The van der Waals surface area contributed by atoms with E-state index in [0.717, 1.165) is 18.4 Å². The van der Waals surface area contributed by atoms with Crippen LogP contribution in [-0.4, -0.2) is 41.2 Å². The summed E-state index contributed by atoms with van der Waals surface area (Å²) in [7, 11) is 1.58. The van der Waals surface area contributed by atoms with Gasteiger partial charge in [-0.05, 0) is 18.4 Å². The van der Waals surface area contributed by atoms with E-state index in [1.54, 1.807) is 36.3 Å². The molecule has 1 saturated carbocycles. The van der Waals surface area contributed by atoms with E-state index in [0.29, 0.717) is 25.3 Å². The maximum Gasteiger partial charge on any atom is 0.471 e. The maximum absolute atomic E-state index is 12.7. The van der Waals surface area contributed by atoms with Gasteiger partial charge in [0.25, 0.3) is 0 Å². The van der Waals surface area contributed by atoms with Crippen molar-refractivity contribution in [3.63, 3.8) is 0 Å². The number of methoxy groups -OCH3 is 1. The van der Waals surface area contributed by atoms with Crippen LogP contribution in [-0.2, 0) is 22.3 Å². The third-order valence-electron chi connectivity index (χ3n) is 4.62. The summed E-state index contributed by atoms with van der Waals surface area (Å²) in [6, 6.07) is 6.69. The summed E-state index contributed by atoms with van der Waals surface area (Å²) in [4.78, 5) is 17.8. The van der Waals surface area contributed by atoms with Crippen LogP contribution in [0.2, 0.25) is 0 Å². The molecule has 0 N–H and O–H groups in total. The topological polar surface area (TPSA) is 68.5 Å². The standard InChI is InChI=1S/C18H20F3N3O3/c1-17(7-8-17)16(25)24(9-10-26-2)11-12-3-5-13(6-4-12)14-22-15(27-23-14)18(19,20)21/h3-6H,7-11H2,1-2H3. The molecule has 0 aliphatic heterocycles. The quantitative estimate of drug-likeness (QED) is 0.732. The zero-order valence-electron chi connectivity index (χ0n) is 15.0. The number of carbonyl (C=O) groups is 1. The Morgan fingerprint density at radius 3 is 2.48 bits per heavy atom. The van der Waals surface area contributed by atoms with Crippen molar-refractivity contribution in [3.8, 4) is 11.4 Å². The van der Waals surface area contributed by atoms with Gasteiger partial charge in [-0.15, -0.1) is 0 Å². The van der Waals surface area contributed by atoms with Gasteiger partial charge in [0.05, 0.1) is 6.61 Å². The summed E-state index contributed by atoms with van der Waals surface area (Å²) >= 11 is 0. The minimum Gasteiger partial charge on any atom is -0.383 e. The van der Waals surface area contributed by atoms with Gasteiger partial charge in [0, 0.05) is 31.2 Å². The number of hydrogen-bond donors (Lipinski definition) is 0. The molecular weight excluding hydrogens is 363 g/mol. The summed E-state index contributed by atoms with van der Waals surface area (Å²) in [5.74, 6) is -1.42. The molecule has 0 bridgehead atoms. The molecule has 0 unspecified atom stereocenters. The molecule has 27 heavy (non-hydrogen) atoms. The molecular formula is C18H20F3N3O3. The minimum atomic E-state index is -4.67. The zero-order chi connectivity index (χ0) is 19.7. The van der Waals surface area contributed by atoms with Crippen LogP contribution in [0.3, 0.4) is 0 Å². The van der Waals surface area contributed by atoms with Crippen molar-refractivity contribution in [1.29, 1.82) is 0 Å². The van der Waals surface area contributed by atoms with Crippen molar-refractivity contribution < 1.29 is 27.2 Å². The fourth-order valence-electron chi connectivity index (χ4n) is 2.67. The molecule has 0 saturated heterocycles. The average Bonchev–Trinajstić information content (AvgIpc) is 3.18. The summed E-state index contributed by atoms with van der Waals surface area (Å²) in [5, 5.41) is 3.37. The van der Waals surface area contributed by atoms with Gasteiger partial charge in [-0.25, -0.2) is 0 Å². The first-order chi connectivity index (χ1) is 12.7. The highest BCUT2D eigenvalue weighted by Crippen LogP contribution is 2.46. The second kappa shape index (κ2) is 7.30. The molecule has 0 radical (unpaired) electrons. The predicted octanol–water partition coefficient (Wildman–Crippen LogP) is 3.53. The van der Waals surface area contributed by atoms with E-state index in [1.165, 1.54) is 0 Å². The van der Waals surface area contributed by atoms with Crippen molar-refractivity contribution in [2.24, 2.45) is 5.41 Å². The fraction of sp³-hybridized carbons (Fsp3) is 0.500. The van der Waals surface area contributed by atoms with E-state index in [9.17, 15) is 18.0 Å². The van der Waals surface area contributed by atoms with Crippen molar-refractivity contribution in [3.05, 3.63) is 35.7 Å². The monoisotopic (exact) mass is 383 g/mol. The van der Waals surface area contributed by atoms with Gasteiger partial charge >= 0.3 is 12.1 Å². The van der Waals surface area contributed by atoms with E-state index in [1.807, 2.05) is 6.92 Å². The molecule has 1 aliphatic rings. The van der Waals surface area contributed by atoms with Gasteiger partial charge in [0.2, 0.25) is 11.7 Å². The Kier molecular flexibility index (Phi) is 5.23. The number of rotatable bonds is 7. The summed E-state index contributed by atoms with van der Waals surface area (Å²) in [5.41, 5.74) is 0.973. The van der Waals surface area contributed by atoms with Gasteiger partial charge in [-0.3, -0.25) is 4.79 Å². The molecule has 6 nitrogen and oxygen atoms in total. The first-order valence-corrected chi connectivity index (χ1v) is 8.51. The van der Waals surface area contributed by atoms with Crippen molar-refractivity contribution >= 4 is 5.91 Å². The Morgan fingerprint density at radius 1 is 1.30 bits per heavy atom. The first-order valence-electron chi connectivity index (χ1n) is 8.51. The maximum atomic E-state index is 12.7. The Bertz CT molecular complexity index is 798. The number of amides is 1. The Morgan fingerprint density at radius 2 is 1.96 bits per heavy atom. The lowest BCUT2D eigenvalue weighted by Gasteiger charge is -2.25. The highest BCUT2D eigenvalue weighted by atomic mass is 19.4. The number of nitrogens with zero attached hydrogens (tertiary/aromatic N) is 3. The van der Waals surface area contributed by atoms with Crippen LogP contribution in [0.5, 0.6) is 0 Å². The lowest BCUT2D eigenvalue weighted by molar-refractivity contribution is -0.159. The third kappa shape index (κ3) is 4.47. The van der Waals surface area contributed by atoms with E-state index < -0.39 is 12.1 Å². The van der Waals surface area contributed by atoms with Crippen molar-refractivity contribution in [1.82, 2.24) is 15.0 Å². The predicted molar refractivity (Wildman–Crippen MR) is 89.4 cm³/mol. The highest BCUT2D eigenvalue weighted by molar-refractivity contribution is 5.84. The molecule has 1 aromatic heterocycles. The van der Waals surface area contributed by atoms with E-state index in [2.05, 4.69) is 14.7 Å². The van der Waals surface area contributed by atoms with Crippen LogP contribution < -0.4 is 0 Å². The number of hydrogen-bond acceptors (Lipinski definition) is 5. The molecule has 146 valence electrons. The number of benzene rings is 1. The zero-order valence-corrected chi connectivity index (χ0v) is 15.0. The SMILES string of the molecule is COCCN(Cc1ccc(-c2noc(C(F)(F)F)n2)cc1)C(=O)C1(C)CC1. The largest absolute Gasteiger partial charge is 0.471 e. The fourth-order valence-corrected chi connectivity index (χ4v) is 2.67. The van der Waals surface area contributed by atoms with Crippen LogP contribution in [0.15, 0.2) is 28.8 Å². The Hall–Kier alpha value is -2.42. The average molecular weight is 383 g/mol. The molecule has 2 aromatic rings. The lowest BCUT2D eigenvalue weighted by Crippen LogP contribution is -2.37. The summed E-state index contributed by atoms with van der Waals surface area (Å²) in [6.07, 6.45) is -2.91. The molecule has 3 rings (SSSR count). The van der Waals surface area contributed by atoms with Crippen molar-refractivity contribution in [2.75, 3.05) is 20.3 Å². The number of ether oxygens (including phenoxy) is 1. The number of carbonyl (C=O) groups excluding carboxylic acids is 1. The highest BCUT2D eigenvalue weighted by Gasteiger charge is 2.47. The van der Waals surface area contributed by atoms with Crippen molar-refractivity contribution in [2.45, 2.75) is 32.5 Å². The third-order valence-corrected chi connectivity index (χ3v) is 4.62. The normalized spacial score (nSPS) is 15.6. The smallest absolute Gasteiger partial charge is 0.383 e. The number of alkyl halides is 3. The Labute approximate surface area is 154 Å². The number of halogens is 3. The van der Waals surface area contributed by atoms with Crippen LogP contribution in [0.1, 0.15) is 31.2 Å². The molecule has 0 atom stereocenters. The van der Waals surface area contributed by atoms with Gasteiger partial charge in [0.1, 0.15) is 0 Å². The van der Waals surface area contributed by atoms with Crippen LogP contribution >= 0.6 is 0 Å². The van der Waals surface area contributed by atoms with E-state index >= 15 is 0 Å². The summed E-state index contributed by atoms with van der Waals surface area (Å²) in [6.45, 7) is 3.26. The van der Waals surface area contributed by atoms with Gasteiger partial charge in [-0.2, -0.15) is 18.2 Å². The van der Waals surface area contributed by atoms with E-state index in [4.69, 9.17) is 4.74 Å². The molecule has 1 fully saturated rings. The lowest BCUT2D eigenvalue weighted by atomic mass is 10.1. The summed E-state index contributed by atoms with van der Waals surface area (Å²) < 4.78 is 47.0. The van der Waals surface area contributed by atoms with Gasteiger partial charge in [0.15, 0.2) is 0 Å². The molecule has 1 amide bonds. The Balaban J connectivity index is 1.71. The van der Waals surface area contributed by atoms with Crippen LogP contribution in [0.25, 0.3) is 11.4 Å². The first kappa shape index (κ1) is 19.3. The minimum absolute atomic E-state index is 0.0941. The second-order valence-electron chi connectivity index (χ2n) is 6.90. The van der Waals surface area contributed by atoms with Gasteiger partial charge in [-0.1, -0.05) is 36.3 Å². The van der Waals surface area contributed by atoms with Crippen LogP contribution in [0.4, 0.5) is 13.2 Å². The van der Waals surface area contributed by atoms with E-state index in [-0.39, 0.29) is 17.1 Å². The van der Waals surface area contributed by atoms with Crippen LogP contribution in [0, 0.1) is 5.41 Å². The van der Waals surface area contributed by atoms with Gasteiger partial charge < -0.3 is 14.2 Å². The number of aromatic nitrogens is 2.